The maximum Gasteiger partial charge on any atom is 0.123 e. The molecule has 1 fully saturated rings. The molecule has 0 bridgehead atoms. The highest BCUT2D eigenvalue weighted by atomic mass is 19.1. The average Bonchev–Trinajstić information content (AvgIpc) is 2.43. The summed E-state index contributed by atoms with van der Waals surface area (Å²) in [6.45, 7) is 10.7. The standard InChI is InChI=1S/C18H29FN2/c1-5-21(16-8-6-15(19)7-9-16)18(13-20)11-10-17(3,4)12-14(18)2/h6-9,14H,5,10-13,20H2,1-4H3. The van der Waals surface area contributed by atoms with E-state index in [0.29, 0.717) is 17.9 Å². The largest absolute Gasteiger partial charge is 0.365 e. The molecular weight excluding hydrogens is 263 g/mol. The van der Waals surface area contributed by atoms with E-state index in [1.54, 1.807) is 12.1 Å². The molecular formula is C18H29FN2. The zero-order valence-corrected chi connectivity index (χ0v) is 13.8. The van der Waals surface area contributed by atoms with Gasteiger partial charge in [0, 0.05) is 18.8 Å². The van der Waals surface area contributed by atoms with E-state index in [1.807, 2.05) is 12.1 Å². The second-order valence-electron chi connectivity index (χ2n) is 7.30. The molecule has 1 aromatic rings. The molecule has 1 aromatic carbocycles. The maximum absolute atomic E-state index is 13.2. The molecule has 1 saturated carbocycles. The molecule has 0 aromatic heterocycles. The Morgan fingerprint density at radius 1 is 1.24 bits per heavy atom. The van der Waals surface area contributed by atoms with Gasteiger partial charge in [0.1, 0.15) is 5.82 Å². The van der Waals surface area contributed by atoms with E-state index < -0.39 is 0 Å². The fourth-order valence-electron chi connectivity index (χ4n) is 4.11. The van der Waals surface area contributed by atoms with Crippen LogP contribution in [0.25, 0.3) is 0 Å². The lowest BCUT2D eigenvalue weighted by Crippen LogP contribution is -2.61. The van der Waals surface area contributed by atoms with Crippen LogP contribution >= 0.6 is 0 Å². The first-order chi connectivity index (χ1) is 9.84. The SMILES string of the molecule is CCN(c1ccc(F)cc1)C1(CN)CCC(C)(C)CC1C. The van der Waals surface area contributed by atoms with Crippen molar-refractivity contribution in [2.75, 3.05) is 18.0 Å². The van der Waals surface area contributed by atoms with Crippen LogP contribution in [-0.4, -0.2) is 18.6 Å². The number of likely N-dealkylation sites (N-methyl/N-ethyl adjacent to an activating group) is 1. The minimum Gasteiger partial charge on any atom is -0.365 e. The highest BCUT2D eigenvalue weighted by molar-refractivity contribution is 5.50. The fourth-order valence-corrected chi connectivity index (χ4v) is 4.11. The van der Waals surface area contributed by atoms with Gasteiger partial charge in [0.15, 0.2) is 0 Å². The Morgan fingerprint density at radius 2 is 1.86 bits per heavy atom. The molecule has 118 valence electrons. The molecule has 2 rings (SSSR count). The molecule has 0 aliphatic heterocycles. The molecule has 3 heteroatoms. The fraction of sp³-hybridized carbons (Fsp3) is 0.667. The van der Waals surface area contributed by atoms with Crippen LogP contribution in [0, 0.1) is 17.2 Å². The van der Waals surface area contributed by atoms with Crippen molar-refractivity contribution in [2.24, 2.45) is 17.1 Å². The van der Waals surface area contributed by atoms with E-state index >= 15 is 0 Å². The third-order valence-electron chi connectivity index (χ3n) is 5.36. The summed E-state index contributed by atoms with van der Waals surface area (Å²) in [7, 11) is 0. The number of rotatable bonds is 4. The second kappa shape index (κ2) is 5.96. The van der Waals surface area contributed by atoms with Crippen molar-refractivity contribution in [3.8, 4) is 0 Å². The number of nitrogens with zero attached hydrogens (tertiary/aromatic N) is 1. The van der Waals surface area contributed by atoms with Crippen LogP contribution in [0.15, 0.2) is 24.3 Å². The number of halogens is 1. The van der Waals surface area contributed by atoms with Gasteiger partial charge in [0.2, 0.25) is 0 Å². The van der Waals surface area contributed by atoms with Crippen LogP contribution in [-0.2, 0) is 0 Å². The molecule has 0 heterocycles. The molecule has 0 saturated heterocycles. The summed E-state index contributed by atoms with van der Waals surface area (Å²) in [5.74, 6) is 0.339. The van der Waals surface area contributed by atoms with Crippen LogP contribution in [0.1, 0.15) is 47.0 Å². The molecule has 0 radical (unpaired) electrons. The molecule has 21 heavy (non-hydrogen) atoms. The Bertz CT molecular complexity index is 469. The first-order valence-corrected chi connectivity index (χ1v) is 8.08. The summed E-state index contributed by atoms with van der Waals surface area (Å²) >= 11 is 0. The highest BCUT2D eigenvalue weighted by Gasteiger charge is 2.46. The van der Waals surface area contributed by atoms with Crippen molar-refractivity contribution < 1.29 is 4.39 Å². The van der Waals surface area contributed by atoms with Crippen LogP contribution in [0.5, 0.6) is 0 Å². The van der Waals surface area contributed by atoms with E-state index in [2.05, 4.69) is 32.6 Å². The monoisotopic (exact) mass is 292 g/mol. The Balaban J connectivity index is 2.35. The van der Waals surface area contributed by atoms with Crippen molar-refractivity contribution in [1.82, 2.24) is 0 Å². The summed E-state index contributed by atoms with van der Waals surface area (Å²) in [5.41, 5.74) is 7.70. The third-order valence-corrected chi connectivity index (χ3v) is 5.36. The van der Waals surface area contributed by atoms with E-state index in [0.717, 1.165) is 18.7 Å². The van der Waals surface area contributed by atoms with Crippen LogP contribution in [0.4, 0.5) is 10.1 Å². The van der Waals surface area contributed by atoms with Crippen molar-refractivity contribution >= 4 is 5.69 Å². The van der Waals surface area contributed by atoms with Crippen molar-refractivity contribution in [3.05, 3.63) is 30.1 Å². The molecule has 1 aliphatic rings. The predicted octanol–water partition coefficient (Wildman–Crippen LogP) is 4.20. The Morgan fingerprint density at radius 3 is 2.33 bits per heavy atom. The molecule has 0 amide bonds. The molecule has 2 unspecified atom stereocenters. The minimum atomic E-state index is -0.186. The van der Waals surface area contributed by atoms with E-state index in [9.17, 15) is 4.39 Å². The number of hydrogen-bond acceptors (Lipinski definition) is 2. The molecule has 2 atom stereocenters. The van der Waals surface area contributed by atoms with Gasteiger partial charge < -0.3 is 10.6 Å². The maximum atomic E-state index is 13.2. The molecule has 1 aliphatic carbocycles. The smallest absolute Gasteiger partial charge is 0.123 e. The topological polar surface area (TPSA) is 29.3 Å². The first-order valence-electron chi connectivity index (χ1n) is 8.08. The van der Waals surface area contributed by atoms with Gasteiger partial charge in [-0.15, -0.1) is 0 Å². The van der Waals surface area contributed by atoms with Gasteiger partial charge in [0.05, 0.1) is 5.54 Å². The van der Waals surface area contributed by atoms with Gasteiger partial charge in [-0.3, -0.25) is 0 Å². The van der Waals surface area contributed by atoms with Crippen molar-refractivity contribution in [3.63, 3.8) is 0 Å². The number of hydrogen-bond donors (Lipinski definition) is 1. The van der Waals surface area contributed by atoms with Gasteiger partial charge in [-0.1, -0.05) is 20.8 Å². The van der Waals surface area contributed by atoms with Crippen molar-refractivity contribution in [2.45, 2.75) is 52.5 Å². The van der Waals surface area contributed by atoms with Gasteiger partial charge in [-0.25, -0.2) is 4.39 Å². The molecule has 0 spiro atoms. The Labute approximate surface area is 128 Å². The third kappa shape index (κ3) is 3.08. The lowest BCUT2D eigenvalue weighted by molar-refractivity contribution is 0.100. The summed E-state index contributed by atoms with van der Waals surface area (Å²) in [6.07, 6.45) is 3.47. The van der Waals surface area contributed by atoms with Crippen LogP contribution in [0.2, 0.25) is 0 Å². The first kappa shape index (κ1) is 16.3. The van der Waals surface area contributed by atoms with Gasteiger partial charge >= 0.3 is 0 Å². The van der Waals surface area contributed by atoms with Crippen molar-refractivity contribution in [1.29, 1.82) is 0 Å². The predicted molar refractivity (Wildman–Crippen MR) is 88.0 cm³/mol. The number of anilines is 1. The summed E-state index contributed by atoms with van der Waals surface area (Å²) in [5, 5.41) is 0. The highest BCUT2D eigenvalue weighted by Crippen LogP contribution is 2.47. The zero-order valence-electron chi connectivity index (χ0n) is 13.8. The lowest BCUT2D eigenvalue weighted by Gasteiger charge is -2.54. The Kier molecular flexibility index (Phi) is 4.62. The summed E-state index contributed by atoms with van der Waals surface area (Å²) in [6, 6.07) is 6.84. The van der Waals surface area contributed by atoms with Gasteiger partial charge in [-0.2, -0.15) is 0 Å². The average molecular weight is 292 g/mol. The van der Waals surface area contributed by atoms with Crippen LogP contribution < -0.4 is 10.6 Å². The summed E-state index contributed by atoms with van der Waals surface area (Å²) < 4.78 is 13.2. The molecule has 2 N–H and O–H groups in total. The number of nitrogens with two attached hydrogens (primary N) is 1. The lowest BCUT2D eigenvalue weighted by atomic mass is 9.63. The Hall–Kier alpha value is -1.09. The zero-order chi connectivity index (χ0) is 15.7. The van der Waals surface area contributed by atoms with E-state index in [4.69, 9.17) is 5.73 Å². The quantitative estimate of drug-likeness (QED) is 0.901. The minimum absolute atomic E-state index is 0.0118. The number of benzene rings is 1. The summed E-state index contributed by atoms with van der Waals surface area (Å²) in [4.78, 5) is 2.40. The van der Waals surface area contributed by atoms with Crippen LogP contribution in [0.3, 0.4) is 0 Å². The van der Waals surface area contributed by atoms with Gasteiger partial charge in [0.25, 0.3) is 0 Å². The van der Waals surface area contributed by atoms with Gasteiger partial charge in [-0.05, 0) is 61.8 Å². The normalized spacial score (nSPS) is 28.4. The second-order valence-corrected chi connectivity index (χ2v) is 7.30. The molecule has 2 nitrogen and oxygen atoms in total. The van der Waals surface area contributed by atoms with E-state index in [1.165, 1.54) is 12.8 Å². The van der Waals surface area contributed by atoms with E-state index in [-0.39, 0.29) is 11.4 Å².